The molecule has 0 aliphatic rings. The summed E-state index contributed by atoms with van der Waals surface area (Å²) in [6, 6.07) is 4.57. The van der Waals surface area contributed by atoms with Crippen LogP contribution in [0.5, 0.6) is 0 Å². The summed E-state index contributed by atoms with van der Waals surface area (Å²) >= 11 is 0. The van der Waals surface area contributed by atoms with Gasteiger partial charge in [0.2, 0.25) is 5.91 Å². The second kappa shape index (κ2) is 10.0. The molecule has 0 heterocycles. The van der Waals surface area contributed by atoms with Gasteiger partial charge in [-0.05, 0) is 50.5 Å². The molecule has 1 unspecified atom stereocenters. The first-order valence-corrected chi connectivity index (χ1v) is 8.27. The minimum absolute atomic E-state index is 0.0682. The molecule has 0 aromatic heterocycles. The molecule has 1 aromatic rings. The predicted molar refractivity (Wildman–Crippen MR) is 91.2 cm³/mol. The first-order chi connectivity index (χ1) is 11.3. The molecule has 2 N–H and O–H groups in total. The molecule has 0 spiro atoms. The fraction of sp³-hybridized carbons (Fsp3) is 0.556. The third-order valence-corrected chi connectivity index (χ3v) is 3.41. The zero-order chi connectivity index (χ0) is 18.1. The highest BCUT2D eigenvalue weighted by Gasteiger charge is 2.24. The molecule has 2 amide bonds. The Labute approximate surface area is 143 Å². The summed E-state index contributed by atoms with van der Waals surface area (Å²) < 4.78 is 18.3. The maximum absolute atomic E-state index is 12.9. The fourth-order valence-electron chi connectivity index (χ4n) is 2.07. The largest absolute Gasteiger partial charge is 0.379 e. The van der Waals surface area contributed by atoms with Crippen LogP contribution in [0, 0.1) is 11.7 Å². The molecule has 134 valence electrons. The molecule has 0 radical (unpaired) electrons. The van der Waals surface area contributed by atoms with Gasteiger partial charge in [0.25, 0.3) is 5.91 Å². The number of halogens is 1. The normalized spacial score (nSPS) is 12.3. The maximum atomic E-state index is 12.9. The van der Waals surface area contributed by atoms with Gasteiger partial charge in [-0.1, -0.05) is 13.8 Å². The number of ether oxygens (including phenoxy) is 1. The lowest BCUT2D eigenvalue weighted by Crippen LogP contribution is -2.50. The van der Waals surface area contributed by atoms with E-state index >= 15 is 0 Å². The Morgan fingerprint density at radius 3 is 2.29 bits per heavy atom. The molecule has 1 aromatic carbocycles. The molecule has 24 heavy (non-hydrogen) atoms. The number of amides is 2. The van der Waals surface area contributed by atoms with Crippen LogP contribution in [-0.2, 0) is 9.53 Å². The molecule has 0 fully saturated rings. The quantitative estimate of drug-likeness (QED) is 0.680. The van der Waals surface area contributed by atoms with Crippen LogP contribution in [0.2, 0.25) is 0 Å². The van der Waals surface area contributed by atoms with Gasteiger partial charge in [0.1, 0.15) is 11.9 Å². The first-order valence-electron chi connectivity index (χ1n) is 8.27. The molecular formula is C18H27FN2O3. The van der Waals surface area contributed by atoms with Crippen molar-refractivity contribution in [3.05, 3.63) is 35.6 Å². The third kappa shape index (κ3) is 7.08. The lowest BCUT2D eigenvalue weighted by atomic mass is 10.0. The van der Waals surface area contributed by atoms with E-state index in [0.29, 0.717) is 25.1 Å². The molecule has 5 nitrogen and oxygen atoms in total. The summed E-state index contributed by atoms with van der Waals surface area (Å²) in [5, 5.41) is 5.52. The van der Waals surface area contributed by atoms with Gasteiger partial charge in [0.05, 0.1) is 6.10 Å². The van der Waals surface area contributed by atoms with Gasteiger partial charge in [-0.15, -0.1) is 0 Å². The Balaban J connectivity index is 2.52. The number of hydrogen-bond acceptors (Lipinski definition) is 3. The van der Waals surface area contributed by atoms with Crippen LogP contribution in [0.25, 0.3) is 0 Å². The average molecular weight is 338 g/mol. The van der Waals surface area contributed by atoms with Crippen LogP contribution >= 0.6 is 0 Å². The molecule has 0 bridgehead atoms. The van der Waals surface area contributed by atoms with Crippen LogP contribution in [0.1, 0.15) is 44.5 Å². The number of benzene rings is 1. The van der Waals surface area contributed by atoms with Crippen molar-refractivity contribution in [1.82, 2.24) is 10.6 Å². The van der Waals surface area contributed by atoms with Crippen molar-refractivity contribution in [1.29, 1.82) is 0 Å². The number of rotatable bonds is 9. The van der Waals surface area contributed by atoms with Crippen molar-refractivity contribution >= 4 is 11.8 Å². The molecule has 1 rings (SSSR count). The average Bonchev–Trinajstić information content (AvgIpc) is 2.51. The molecule has 0 saturated carbocycles. The smallest absolute Gasteiger partial charge is 0.251 e. The van der Waals surface area contributed by atoms with Crippen molar-refractivity contribution in [3.8, 4) is 0 Å². The van der Waals surface area contributed by atoms with E-state index in [1.54, 1.807) is 0 Å². The van der Waals surface area contributed by atoms with E-state index in [1.165, 1.54) is 24.3 Å². The Bertz CT molecular complexity index is 530. The summed E-state index contributed by atoms with van der Waals surface area (Å²) in [7, 11) is 0. The van der Waals surface area contributed by atoms with Crippen molar-refractivity contribution < 1.29 is 18.7 Å². The predicted octanol–water partition coefficient (Wildman–Crippen LogP) is 2.51. The van der Waals surface area contributed by atoms with Crippen molar-refractivity contribution in [2.75, 3.05) is 13.2 Å². The summed E-state index contributed by atoms with van der Waals surface area (Å²) in [6.07, 6.45) is 0.875. The Kier molecular flexibility index (Phi) is 8.40. The van der Waals surface area contributed by atoms with E-state index in [-0.39, 0.29) is 17.9 Å². The summed E-state index contributed by atoms with van der Waals surface area (Å²) in [6.45, 7) is 8.69. The van der Waals surface area contributed by atoms with E-state index in [0.717, 1.165) is 0 Å². The topological polar surface area (TPSA) is 67.4 Å². The van der Waals surface area contributed by atoms with Crippen LogP contribution < -0.4 is 10.6 Å². The van der Waals surface area contributed by atoms with Crippen LogP contribution in [0.4, 0.5) is 4.39 Å². The molecule has 0 saturated heterocycles. The van der Waals surface area contributed by atoms with Crippen LogP contribution in [0.3, 0.4) is 0 Å². The van der Waals surface area contributed by atoms with E-state index in [1.807, 2.05) is 27.7 Å². The molecular weight excluding hydrogens is 311 g/mol. The van der Waals surface area contributed by atoms with E-state index in [4.69, 9.17) is 4.74 Å². The highest BCUT2D eigenvalue weighted by Crippen LogP contribution is 2.07. The fourth-order valence-corrected chi connectivity index (χ4v) is 2.07. The Morgan fingerprint density at radius 2 is 1.75 bits per heavy atom. The first kappa shape index (κ1) is 20.1. The summed E-state index contributed by atoms with van der Waals surface area (Å²) in [5.74, 6) is -1.10. The second-order valence-electron chi connectivity index (χ2n) is 6.27. The lowest BCUT2D eigenvalue weighted by molar-refractivity contribution is -0.124. The van der Waals surface area contributed by atoms with E-state index < -0.39 is 17.8 Å². The minimum atomic E-state index is -0.645. The Morgan fingerprint density at radius 1 is 1.12 bits per heavy atom. The minimum Gasteiger partial charge on any atom is -0.379 e. The van der Waals surface area contributed by atoms with Gasteiger partial charge in [0.15, 0.2) is 0 Å². The highest BCUT2D eigenvalue weighted by molar-refractivity contribution is 5.97. The number of hydrogen-bond donors (Lipinski definition) is 2. The van der Waals surface area contributed by atoms with Crippen molar-refractivity contribution in [3.63, 3.8) is 0 Å². The number of carbonyl (C=O) groups excluding carboxylic acids is 2. The van der Waals surface area contributed by atoms with Crippen molar-refractivity contribution in [2.45, 2.75) is 46.3 Å². The molecule has 1 atom stereocenters. The zero-order valence-electron chi connectivity index (χ0n) is 14.8. The maximum Gasteiger partial charge on any atom is 0.251 e. The van der Waals surface area contributed by atoms with Gasteiger partial charge in [0, 0.05) is 18.7 Å². The van der Waals surface area contributed by atoms with Gasteiger partial charge in [-0.3, -0.25) is 9.59 Å². The Hall–Kier alpha value is -1.95. The highest BCUT2D eigenvalue weighted by atomic mass is 19.1. The molecule has 0 aliphatic carbocycles. The van der Waals surface area contributed by atoms with Crippen LogP contribution in [0.15, 0.2) is 24.3 Å². The monoisotopic (exact) mass is 338 g/mol. The SMILES string of the molecule is CC(C)OCCCNC(=O)C(NC(=O)c1ccc(F)cc1)C(C)C. The molecule has 6 heteroatoms. The van der Waals surface area contributed by atoms with Crippen LogP contribution in [-0.4, -0.2) is 37.1 Å². The van der Waals surface area contributed by atoms with E-state index in [2.05, 4.69) is 10.6 Å². The standard InChI is InChI=1S/C18H27FN2O3/c1-12(2)16(18(23)20-10-5-11-24-13(3)4)21-17(22)14-6-8-15(19)9-7-14/h6-9,12-13,16H,5,10-11H2,1-4H3,(H,20,23)(H,21,22). The second-order valence-corrected chi connectivity index (χ2v) is 6.27. The van der Waals surface area contributed by atoms with Gasteiger partial charge < -0.3 is 15.4 Å². The zero-order valence-corrected chi connectivity index (χ0v) is 14.8. The van der Waals surface area contributed by atoms with Gasteiger partial charge in [-0.25, -0.2) is 4.39 Å². The summed E-state index contributed by atoms with van der Waals surface area (Å²) in [4.78, 5) is 24.5. The van der Waals surface area contributed by atoms with Gasteiger partial charge >= 0.3 is 0 Å². The number of nitrogens with one attached hydrogen (secondary N) is 2. The summed E-state index contributed by atoms with van der Waals surface area (Å²) in [5.41, 5.74) is 0.320. The lowest BCUT2D eigenvalue weighted by Gasteiger charge is -2.22. The van der Waals surface area contributed by atoms with Gasteiger partial charge in [-0.2, -0.15) is 0 Å². The third-order valence-electron chi connectivity index (χ3n) is 3.41. The molecule has 0 aliphatic heterocycles. The van der Waals surface area contributed by atoms with E-state index in [9.17, 15) is 14.0 Å². The number of carbonyl (C=O) groups is 2. The van der Waals surface area contributed by atoms with Crippen molar-refractivity contribution in [2.24, 2.45) is 5.92 Å².